The largest absolute Gasteiger partial charge is 0.371 e. The summed E-state index contributed by atoms with van der Waals surface area (Å²) in [6.45, 7) is 4.57. The summed E-state index contributed by atoms with van der Waals surface area (Å²) in [5.41, 5.74) is 1.85. The highest BCUT2D eigenvalue weighted by Gasteiger charge is 2.25. The van der Waals surface area contributed by atoms with Crippen molar-refractivity contribution in [3.63, 3.8) is 0 Å². The van der Waals surface area contributed by atoms with E-state index in [4.69, 9.17) is 11.6 Å². The molecule has 0 amide bonds. The minimum absolute atomic E-state index is 0.179. The first-order valence-corrected chi connectivity index (χ1v) is 8.64. The highest BCUT2D eigenvalue weighted by Crippen LogP contribution is 2.26. The van der Waals surface area contributed by atoms with Crippen molar-refractivity contribution in [2.24, 2.45) is 0 Å². The molecule has 0 saturated carbocycles. The lowest BCUT2D eigenvalue weighted by Crippen LogP contribution is -2.46. The molecule has 1 aromatic rings. The van der Waals surface area contributed by atoms with Crippen LogP contribution in [0.15, 0.2) is 18.2 Å². The van der Waals surface area contributed by atoms with Crippen LogP contribution in [0.3, 0.4) is 0 Å². The number of anilines is 1. The first-order valence-electron chi connectivity index (χ1n) is 8.11. The second-order valence-corrected chi connectivity index (χ2v) is 6.53. The quantitative estimate of drug-likeness (QED) is 0.778. The minimum Gasteiger partial charge on any atom is -0.371 e. The lowest BCUT2D eigenvalue weighted by molar-refractivity contribution is 0.141. The van der Waals surface area contributed by atoms with E-state index in [0.29, 0.717) is 5.88 Å². The van der Waals surface area contributed by atoms with Crippen molar-refractivity contribution in [2.75, 3.05) is 31.1 Å². The first-order chi connectivity index (χ1) is 10.3. The molecule has 0 radical (unpaired) electrons. The third-order valence-corrected chi connectivity index (χ3v) is 5.14. The molecule has 0 unspecified atom stereocenters. The minimum atomic E-state index is -0.179. The molecule has 2 aliphatic heterocycles. The monoisotopic (exact) mass is 310 g/mol. The lowest BCUT2D eigenvalue weighted by atomic mass is 9.99. The van der Waals surface area contributed by atoms with Gasteiger partial charge < -0.3 is 9.80 Å². The summed E-state index contributed by atoms with van der Waals surface area (Å²) >= 11 is 5.84. The number of halogens is 2. The molecule has 0 aliphatic carbocycles. The molecule has 1 aromatic carbocycles. The fraction of sp³-hybridized carbons (Fsp3) is 0.647. The average molecular weight is 311 g/mol. The van der Waals surface area contributed by atoms with Crippen LogP contribution in [0.2, 0.25) is 0 Å². The van der Waals surface area contributed by atoms with Gasteiger partial charge in [-0.15, -0.1) is 11.6 Å². The number of hydrogen-bond acceptors (Lipinski definition) is 2. The highest BCUT2D eigenvalue weighted by atomic mass is 35.5. The molecule has 116 valence electrons. The van der Waals surface area contributed by atoms with Crippen molar-refractivity contribution >= 4 is 17.3 Å². The number of likely N-dealkylation sites (tertiary alicyclic amines) is 1. The summed E-state index contributed by atoms with van der Waals surface area (Å²) in [7, 11) is 0. The Kier molecular flexibility index (Phi) is 5.02. The van der Waals surface area contributed by atoms with Gasteiger partial charge in [-0.25, -0.2) is 4.39 Å². The molecule has 0 bridgehead atoms. The maximum Gasteiger partial charge on any atom is 0.125 e. The second kappa shape index (κ2) is 6.97. The Labute approximate surface area is 131 Å². The molecule has 2 saturated heterocycles. The Morgan fingerprint density at radius 2 is 1.71 bits per heavy atom. The van der Waals surface area contributed by atoms with Gasteiger partial charge in [0.1, 0.15) is 5.82 Å². The van der Waals surface area contributed by atoms with Gasteiger partial charge in [0.05, 0.1) is 0 Å². The zero-order chi connectivity index (χ0) is 14.7. The zero-order valence-electron chi connectivity index (χ0n) is 12.5. The Bertz CT molecular complexity index is 466. The van der Waals surface area contributed by atoms with E-state index in [1.54, 1.807) is 6.07 Å². The molecule has 0 N–H and O–H groups in total. The summed E-state index contributed by atoms with van der Waals surface area (Å²) in [5.74, 6) is 0.191. The molecule has 2 fully saturated rings. The van der Waals surface area contributed by atoms with Gasteiger partial charge in [0, 0.05) is 30.7 Å². The Morgan fingerprint density at radius 3 is 2.38 bits per heavy atom. The Hall–Kier alpha value is -0.800. The van der Waals surface area contributed by atoms with Crippen LogP contribution in [0.4, 0.5) is 10.1 Å². The Morgan fingerprint density at radius 1 is 1.00 bits per heavy atom. The molecule has 2 aliphatic rings. The summed E-state index contributed by atoms with van der Waals surface area (Å²) in [6, 6.07) is 5.91. The molecule has 3 rings (SSSR count). The number of alkyl halides is 1. The van der Waals surface area contributed by atoms with Gasteiger partial charge >= 0.3 is 0 Å². The Balaban J connectivity index is 1.61. The van der Waals surface area contributed by atoms with Crippen molar-refractivity contribution in [3.05, 3.63) is 29.6 Å². The van der Waals surface area contributed by atoms with Gasteiger partial charge in [-0.1, -0.05) is 6.42 Å². The molecular weight excluding hydrogens is 287 g/mol. The SMILES string of the molecule is Fc1cc(CCl)cc(N2CCC(N3CCCCC3)CC2)c1. The molecular formula is C17H24ClFN2. The van der Waals surface area contributed by atoms with E-state index < -0.39 is 0 Å². The predicted octanol–water partition coefficient (Wildman–Crippen LogP) is 4.02. The molecule has 2 nitrogen and oxygen atoms in total. The van der Waals surface area contributed by atoms with Gasteiger partial charge in [0.2, 0.25) is 0 Å². The van der Waals surface area contributed by atoms with Crippen LogP contribution in [0.25, 0.3) is 0 Å². The van der Waals surface area contributed by atoms with Crippen LogP contribution in [0.1, 0.15) is 37.7 Å². The number of benzene rings is 1. The summed E-state index contributed by atoms with van der Waals surface area (Å²) < 4.78 is 13.6. The maximum atomic E-state index is 13.6. The van der Waals surface area contributed by atoms with Crippen LogP contribution in [-0.4, -0.2) is 37.1 Å². The molecule has 2 heterocycles. The molecule has 0 atom stereocenters. The molecule has 4 heteroatoms. The number of piperidine rings is 2. The van der Waals surface area contributed by atoms with Crippen LogP contribution < -0.4 is 4.90 Å². The normalized spacial score (nSPS) is 21.7. The van der Waals surface area contributed by atoms with E-state index in [2.05, 4.69) is 9.80 Å². The van der Waals surface area contributed by atoms with Gasteiger partial charge in [-0.05, 0) is 62.5 Å². The third-order valence-electron chi connectivity index (χ3n) is 4.83. The van der Waals surface area contributed by atoms with Crippen LogP contribution >= 0.6 is 11.6 Å². The van der Waals surface area contributed by atoms with Crippen LogP contribution in [0, 0.1) is 5.82 Å². The summed E-state index contributed by atoms with van der Waals surface area (Å²) in [4.78, 5) is 4.97. The van der Waals surface area contributed by atoms with Crippen LogP contribution in [-0.2, 0) is 5.88 Å². The lowest BCUT2D eigenvalue weighted by Gasteiger charge is -2.41. The standard InChI is InChI=1S/C17H24ClFN2/c18-13-14-10-15(19)12-17(11-14)21-8-4-16(5-9-21)20-6-2-1-3-7-20/h10-12,16H,1-9,13H2. The van der Waals surface area contributed by atoms with Crippen molar-refractivity contribution in [1.82, 2.24) is 4.90 Å². The van der Waals surface area contributed by atoms with Crippen molar-refractivity contribution in [1.29, 1.82) is 0 Å². The second-order valence-electron chi connectivity index (χ2n) is 6.27. The van der Waals surface area contributed by atoms with Gasteiger partial charge in [0.25, 0.3) is 0 Å². The topological polar surface area (TPSA) is 6.48 Å². The van der Waals surface area contributed by atoms with Crippen molar-refractivity contribution in [2.45, 2.75) is 44.0 Å². The zero-order valence-corrected chi connectivity index (χ0v) is 13.3. The number of nitrogens with zero attached hydrogens (tertiary/aromatic N) is 2. The van der Waals surface area contributed by atoms with E-state index in [1.807, 2.05) is 6.07 Å². The van der Waals surface area contributed by atoms with E-state index >= 15 is 0 Å². The van der Waals surface area contributed by atoms with E-state index in [0.717, 1.165) is 30.4 Å². The summed E-state index contributed by atoms with van der Waals surface area (Å²) in [6.07, 6.45) is 6.46. The fourth-order valence-corrected chi connectivity index (χ4v) is 3.82. The van der Waals surface area contributed by atoms with Crippen molar-refractivity contribution in [3.8, 4) is 0 Å². The molecule has 0 spiro atoms. The number of rotatable bonds is 3. The molecule has 0 aromatic heterocycles. The van der Waals surface area contributed by atoms with Crippen molar-refractivity contribution < 1.29 is 4.39 Å². The first kappa shape index (κ1) is 15.1. The van der Waals surface area contributed by atoms with E-state index in [9.17, 15) is 4.39 Å². The smallest absolute Gasteiger partial charge is 0.125 e. The third kappa shape index (κ3) is 3.70. The van der Waals surface area contributed by atoms with Gasteiger partial charge in [-0.3, -0.25) is 0 Å². The predicted molar refractivity (Wildman–Crippen MR) is 86.6 cm³/mol. The van der Waals surface area contributed by atoms with E-state index in [-0.39, 0.29) is 5.82 Å². The maximum absolute atomic E-state index is 13.6. The van der Waals surface area contributed by atoms with E-state index in [1.165, 1.54) is 51.3 Å². The highest BCUT2D eigenvalue weighted by molar-refractivity contribution is 6.17. The van der Waals surface area contributed by atoms with Gasteiger partial charge in [-0.2, -0.15) is 0 Å². The summed E-state index contributed by atoms with van der Waals surface area (Å²) in [5, 5.41) is 0. The fourth-order valence-electron chi connectivity index (χ4n) is 3.67. The average Bonchev–Trinajstić information content (AvgIpc) is 2.55. The van der Waals surface area contributed by atoms with Crippen LogP contribution in [0.5, 0.6) is 0 Å². The van der Waals surface area contributed by atoms with Gasteiger partial charge in [0.15, 0.2) is 0 Å². The molecule has 21 heavy (non-hydrogen) atoms. The number of hydrogen-bond donors (Lipinski definition) is 0.